The number of thiazole rings is 1. The van der Waals surface area contributed by atoms with Gasteiger partial charge in [0.25, 0.3) is 0 Å². The summed E-state index contributed by atoms with van der Waals surface area (Å²) in [4.78, 5) is 3.88. The van der Waals surface area contributed by atoms with Gasteiger partial charge in [-0.1, -0.05) is 0 Å². The summed E-state index contributed by atoms with van der Waals surface area (Å²) in [5.74, 6) is 0.697. The van der Waals surface area contributed by atoms with Crippen LogP contribution in [0.25, 0.3) is 0 Å². The second kappa shape index (κ2) is 2.94. The molecule has 0 bridgehead atoms. The Labute approximate surface area is 56.1 Å². The molecule has 0 aliphatic heterocycles. The van der Waals surface area contributed by atoms with E-state index in [9.17, 15) is 0 Å². The lowest BCUT2D eigenvalue weighted by Crippen LogP contribution is -1.75. The zero-order valence-corrected chi connectivity index (χ0v) is 5.96. The SMILES string of the molecule is CSOc1cscn1. The van der Waals surface area contributed by atoms with E-state index in [1.807, 2.05) is 11.6 Å². The van der Waals surface area contributed by atoms with Crippen LogP contribution in [0.15, 0.2) is 10.9 Å². The van der Waals surface area contributed by atoms with Crippen LogP contribution in [0.1, 0.15) is 0 Å². The van der Waals surface area contributed by atoms with Crippen LogP contribution in [0.3, 0.4) is 0 Å². The van der Waals surface area contributed by atoms with Gasteiger partial charge in [-0.05, 0) is 0 Å². The minimum Gasteiger partial charge on any atom is -0.405 e. The van der Waals surface area contributed by atoms with Crippen molar-refractivity contribution in [1.29, 1.82) is 0 Å². The van der Waals surface area contributed by atoms with Crippen molar-refractivity contribution in [1.82, 2.24) is 4.98 Å². The molecule has 2 nitrogen and oxygen atoms in total. The maximum atomic E-state index is 4.96. The fourth-order valence-electron chi connectivity index (χ4n) is 0.328. The number of aromatic nitrogens is 1. The molecular weight excluding hydrogens is 142 g/mol. The van der Waals surface area contributed by atoms with E-state index in [0.29, 0.717) is 5.88 Å². The van der Waals surface area contributed by atoms with Crippen molar-refractivity contribution in [3.05, 3.63) is 10.9 Å². The standard InChI is InChI=1S/C4H5NOS2/c1-7-6-4-2-8-3-5-4/h2-3H,1H3. The lowest BCUT2D eigenvalue weighted by atomic mass is 10.9. The Balaban J connectivity index is 2.50. The Bertz CT molecular complexity index is 140. The van der Waals surface area contributed by atoms with E-state index in [0.717, 1.165) is 0 Å². The van der Waals surface area contributed by atoms with Crippen molar-refractivity contribution in [2.75, 3.05) is 6.26 Å². The van der Waals surface area contributed by atoms with E-state index in [-0.39, 0.29) is 0 Å². The van der Waals surface area contributed by atoms with Crippen molar-refractivity contribution >= 4 is 23.4 Å². The van der Waals surface area contributed by atoms with Crippen LogP contribution in [0, 0.1) is 0 Å². The zero-order chi connectivity index (χ0) is 5.82. The van der Waals surface area contributed by atoms with Gasteiger partial charge in [0.05, 0.1) is 22.9 Å². The summed E-state index contributed by atoms with van der Waals surface area (Å²) in [5.41, 5.74) is 1.74. The van der Waals surface area contributed by atoms with Crippen molar-refractivity contribution in [3.63, 3.8) is 0 Å². The summed E-state index contributed by atoms with van der Waals surface area (Å²) < 4.78 is 4.96. The number of hydrogen-bond acceptors (Lipinski definition) is 4. The van der Waals surface area contributed by atoms with E-state index >= 15 is 0 Å². The molecule has 0 aromatic carbocycles. The van der Waals surface area contributed by atoms with Crippen LogP contribution in [0.4, 0.5) is 0 Å². The van der Waals surface area contributed by atoms with Crippen LogP contribution in [-0.2, 0) is 0 Å². The molecule has 4 heteroatoms. The lowest BCUT2D eigenvalue weighted by molar-refractivity contribution is 0.626. The topological polar surface area (TPSA) is 22.1 Å². The highest BCUT2D eigenvalue weighted by molar-refractivity contribution is 7.94. The summed E-state index contributed by atoms with van der Waals surface area (Å²) in [6.07, 6.45) is 1.86. The third-order valence-electron chi connectivity index (χ3n) is 0.578. The van der Waals surface area contributed by atoms with Crippen molar-refractivity contribution in [3.8, 4) is 5.88 Å². The molecule has 1 heterocycles. The van der Waals surface area contributed by atoms with Crippen molar-refractivity contribution in [2.24, 2.45) is 0 Å². The van der Waals surface area contributed by atoms with Crippen LogP contribution in [-0.4, -0.2) is 11.2 Å². The minimum absolute atomic E-state index is 0.697. The van der Waals surface area contributed by atoms with E-state index < -0.39 is 0 Å². The molecule has 1 aromatic heterocycles. The van der Waals surface area contributed by atoms with Crippen LogP contribution in [0.5, 0.6) is 5.88 Å². The normalized spacial score (nSPS) is 9.12. The highest BCUT2D eigenvalue weighted by Gasteiger charge is 1.89. The number of rotatable bonds is 2. The maximum absolute atomic E-state index is 4.96. The highest BCUT2D eigenvalue weighted by Crippen LogP contribution is 2.13. The Hall–Kier alpha value is -0.220. The summed E-state index contributed by atoms with van der Waals surface area (Å²) >= 11 is 2.83. The molecule has 0 radical (unpaired) electrons. The molecule has 0 N–H and O–H groups in total. The van der Waals surface area contributed by atoms with Crippen molar-refractivity contribution in [2.45, 2.75) is 0 Å². The molecule has 1 rings (SSSR count). The quantitative estimate of drug-likeness (QED) is 0.595. The third kappa shape index (κ3) is 1.38. The molecule has 0 amide bonds. The lowest BCUT2D eigenvalue weighted by Gasteiger charge is -1.89. The zero-order valence-electron chi connectivity index (χ0n) is 4.33. The first-order valence-corrected chi connectivity index (χ1v) is 4.11. The second-order valence-electron chi connectivity index (χ2n) is 1.08. The molecule has 0 fully saturated rings. The smallest absolute Gasteiger partial charge is 0.238 e. The fourth-order valence-corrected chi connectivity index (χ4v) is 1.10. The predicted octanol–water partition coefficient (Wildman–Crippen LogP) is 1.80. The number of hydrogen-bond donors (Lipinski definition) is 0. The molecule has 0 aliphatic rings. The molecule has 0 atom stereocenters. The molecule has 1 aromatic rings. The van der Waals surface area contributed by atoms with Crippen LogP contribution in [0.2, 0.25) is 0 Å². The highest BCUT2D eigenvalue weighted by atomic mass is 32.2. The summed E-state index contributed by atoms with van der Waals surface area (Å²) in [6, 6.07) is 0. The van der Waals surface area contributed by atoms with Gasteiger partial charge in [0.15, 0.2) is 0 Å². The Morgan fingerprint density at radius 2 is 2.75 bits per heavy atom. The predicted molar refractivity (Wildman–Crippen MR) is 36.3 cm³/mol. The number of nitrogens with zero attached hydrogens (tertiary/aromatic N) is 1. The molecule has 44 valence electrons. The molecular formula is C4H5NOS2. The first-order valence-electron chi connectivity index (χ1n) is 2.02. The van der Waals surface area contributed by atoms with E-state index in [1.165, 1.54) is 23.4 Å². The molecule has 0 unspecified atom stereocenters. The second-order valence-corrected chi connectivity index (χ2v) is 2.30. The van der Waals surface area contributed by atoms with Crippen molar-refractivity contribution < 1.29 is 4.18 Å². The third-order valence-corrected chi connectivity index (χ3v) is 1.48. The van der Waals surface area contributed by atoms with Gasteiger partial charge in [0, 0.05) is 6.26 Å². The fraction of sp³-hybridized carbons (Fsp3) is 0.250. The average Bonchev–Trinajstić information content (AvgIpc) is 2.19. The Morgan fingerprint density at radius 3 is 3.25 bits per heavy atom. The molecule has 0 aliphatic carbocycles. The van der Waals surface area contributed by atoms with Gasteiger partial charge in [0.2, 0.25) is 5.88 Å². The molecule has 8 heavy (non-hydrogen) atoms. The Morgan fingerprint density at radius 1 is 1.88 bits per heavy atom. The Kier molecular flexibility index (Phi) is 2.17. The summed E-state index contributed by atoms with van der Waals surface area (Å²) in [6.45, 7) is 0. The van der Waals surface area contributed by atoms with Gasteiger partial charge >= 0.3 is 0 Å². The molecule has 0 saturated carbocycles. The monoisotopic (exact) mass is 147 g/mol. The summed E-state index contributed by atoms with van der Waals surface area (Å²) in [7, 11) is 0. The van der Waals surface area contributed by atoms with Gasteiger partial charge in [0.1, 0.15) is 0 Å². The van der Waals surface area contributed by atoms with Gasteiger partial charge in [-0.25, -0.2) is 4.98 Å². The first kappa shape index (κ1) is 5.91. The van der Waals surface area contributed by atoms with E-state index in [2.05, 4.69) is 4.98 Å². The maximum Gasteiger partial charge on any atom is 0.238 e. The average molecular weight is 147 g/mol. The van der Waals surface area contributed by atoms with Crippen LogP contribution >= 0.6 is 23.4 Å². The van der Waals surface area contributed by atoms with Crippen LogP contribution < -0.4 is 4.18 Å². The van der Waals surface area contributed by atoms with Gasteiger partial charge in [-0.15, -0.1) is 11.3 Å². The van der Waals surface area contributed by atoms with Gasteiger partial charge < -0.3 is 4.18 Å². The van der Waals surface area contributed by atoms with Gasteiger partial charge in [-0.2, -0.15) is 0 Å². The molecule has 0 saturated heterocycles. The first-order chi connectivity index (χ1) is 3.93. The largest absolute Gasteiger partial charge is 0.405 e. The molecule has 0 spiro atoms. The van der Waals surface area contributed by atoms with E-state index in [4.69, 9.17) is 4.18 Å². The minimum atomic E-state index is 0.697. The van der Waals surface area contributed by atoms with E-state index in [1.54, 1.807) is 5.51 Å². The summed E-state index contributed by atoms with van der Waals surface area (Å²) in [5, 5.41) is 1.86. The van der Waals surface area contributed by atoms with Gasteiger partial charge in [-0.3, -0.25) is 0 Å².